The van der Waals surface area contributed by atoms with E-state index in [1.54, 1.807) is 6.20 Å². The summed E-state index contributed by atoms with van der Waals surface area (Å²) in [5, 5.41) is 2.88. The first-order chi connectivity index (χ1) is 9.33. The molecule has 0 saturated heterocycles. The molecule has 1 unspecified atom stereocenters. The second-order valence-electron chi connectivity index (χ2n) is 5.60. The van der Waals surface area contributed by atoms with Gasteiger partial charge >= 0.3 is 0 Å². The van der Waals surface area contributed by atoms with Crippen LogP contribution in [0.15, 0.2) is 36.0 Å². The molecule has 0 aliphatic heterocycles. The molecule has 1 N–H and O–H groups in total. The van der Waals surface area contributed by atoms with Crippen LogP contribution in [0, 0.1) is 11.8 Å². The number of amides is 1. The minimum atomic E-state index is 0.0979. The zero-order valence-electron chi connectivity index (χ0n) is 11.1. The summed E-state index contributed by atoms with van der Waals surface area (Å²) in [5.41, 5.74) is 1.33. The van der Waals surface area contributed by atoms with Crippen LogP contribution in [-0.2, 0) is 4.79 Å². The van der Waals surface area contributed by atoms with Crippen LogP contribution in [0.5, 0.6) is 0 Å². The topological polar surface area (TPSA) is 42.0 Å². The summed E-state index contributed by atoms with van der Waals surface area (Å²) in [6.07, 6.45) is 11.7. The lowest BCUT2D eigenvalue weighted by molar-refractivity contribution is -0.117. The number of nitrogens with one attached hydrogen (secondary N) is 1. The molecule has 1 amide bonds. The third-order valence-electron chi connectivity index (χ3n) is 4.06. The minimum Gasteiger partial charge on any atom is -0.310 e. The first-order valence-electron chi connectivity index (χ1n) is 7.25. The van der Waals surface area contributed by atoms with Crippen LogP contribution in [0.3, 0.4) is 0 Å². The molecule has 100 valence electrons. The van der Waals surface area contributed by atoms with Crippen LogP contribution in [0.4, 0.5) is 5.82 Å². The van der Waals surface area contributed by atoms with E-state index in [0.717, 1.165) is 12.3 Å². The Morgan fingerprint density at radius 3 is 2.84 bits per heavy atom. The number of hydrogen-bond donors (Lipinski definition) is 1. The Balaban J connectivity index is 1.54. The monoisotopic (exact) mass is 256 g/mol. The minimum absolute atomic E-state index is 0.0979. The van der Waals surface area contributed by atoms with Gasteiger partial charge in [0.2, 0.25) is 5.91 Å². The van der Waals surface area contributed by atoms with Crippen molar-refractivity contribution >= 4 is 11.7 Å². The van der Waals surface area contributed by atoms with Crippen molar-refractivity contribution in [1.29, 1.82) is 0 Å². The fourth-order valence-electron chi connectivity index (χ4n) is 2.88. The lowest BCUT2D eigenvalue weighted by Gasteiger charge is -2.17. The quantitative estimate of drug-likeness (QED) is 0.840. The molecular formula is C16H20N2O. The molecule has 1 aromatic rings. The summed E-state index contributed by atoms with van der Waals surface area (Å²) in [6.45, 7) is 0. The number of carbonyl (C=O) groups excluding carboxylic acids is 1. The highest BCUT2D eigenvalue weighted by molar-refractivity contribution is 5.96. The zero-order chi connectivity index (χ0) is 13.1. The van der Waals surface area contributed by atoms with Crippen molar-refractivity contribution in [2.75, 3.05) is 5.32 Å². The smallest absolute Gasteiger partial charge is 0.233 e. The maximum atomic E-state index is 12.0. The molecule has 2 aliphatic rings. The summed E-state index contributed by atoms with van der Waals surface area (Å²) in [5.74, 6) is 1.57. The Morgan fingerprint density at radius 1 is 1.26 bits per heavy atom. The van der Waals surface area contributed by atoms with E-state index in [4.69, 9.17) is 0 Å². The van der Waals surface area contributed by atoms with E-state index < -0.39 is 0 Å². The number of nitrogens with zero attached hydrogens (tertiary/aromatic N) is 1. The summed E-state index contributed by atoms with van der Waals surface area (Å²) in [7, 11) is 0. The maximum Gasteiger partial charge on any atom is 0.233 e. The standard InChI is InChI=1S/C16H20N2O/c19-16(18-15-8-4-5-9-17-15)14-11-13(14)10-12-6-2-1-3-7-12/h4-5,8-10,12,14H,1-3,6-7,11H2,(H,17,18,19)/b13-10-. The van der Waals surface area contributed by atoms with Gasteiger partial charge in [0.15, 0.2) is 0 Å². The van der Waals surface area contributed by atoms with Crippen LogP contribution in [-0.4, -0.2) is 10.9 Å². The van der Waals surface area contributed by atoms with Gasteiger partial charge in [-0.2, -0.15) is 0 Å². The fraction of sp³-hybridized carbons (Fsp3) is 0.500. The molecular weight excluding hydrogens is 236 g/mol. The highest BCUT2D eigenvalue weighted by Gasteiger charge is 2.37. The largest absolute Gasteiger partial charge is 0.310 e. The van der Waals surface area contributed by atoms with E-state index in [1.165, 1.54) is 37.7 Å². The van der Waals surface area contributed by atoms with Crippen molar-refractivity contribution in [2.24, 2.45) is 11.8 Å². The Morgan fingerprint density at radius 2 is 2.11 bits per heavy atom. The van der Waals surface area contributed by atoms with Crippen molar-refractivity contribution in [3.63, 3.8) is 0 Å². The number of carbonyl (C=O) groups is 1. The molecule has 19 heavy (non-hydrogen) atoms. The molecule has 0 radical (unpaired) electrons. The predicted molar refractivity (Wildman–Crippen MR) is 75.6 cm³/mol. The normalized spacial score (nSPS) is 25.3. The number of pyridine rings is 1. The molecule has 3 heteroatoms. The second-order valence-corrected chi connectivity index (χ2v) is 5.60. The SMILES string of the molecule is O=C(Nc1ccccn1)C1C/C1=C/C1CCCCC1. The number of rotatable bonds is 3. The van der Waals surface area contributed by atoms with Crippen molar-refractivity contribution < 1.29 is 4.79 Å². The first kappa shape index (κ1) is 12.4. The number of anilines is 1. The van der Waals surface area contributed by atoms with Crippen LogP contribution in [0.25, 0.3) is 0 Å². The Labute approximate surface area is 114 Å². The van der Waals surface area contributed by atoms with Crippen molar-refractivity contribution in [3.05, 3.63) is 36.0 Å². The molecule has 1 heterocycles. The predicted octanol–water partition coefficient (Wildman–Crippen LogP) is 3.55. The van der Waals surface area contributed by atoms with Gasteiger partial charge in [0.1, 0.15) is 5.82 Å². The summed E-state index contributed by atoms with van der Waals surface area (Å²) in [6, 6.07) is 5.56. The average molecular weight is 256 g/mol. The number of allylic oxidation sites excluding steroid dienone is 1. The summed E-state index contributed by atoms with van der Waals surface area (Å²) < 4.78 is 0. The second kappa shape index (κ2) is 5.55. The highest BCUT2D eigenvalue weighted by atomic mass is 16.2. The van der Waals surface area contributed by atoms with Gasteiger partial charge in [0, 0.05) is 6.20 Å². The van der Waals surface area contributed by atoms with Crippen LogP contribution >= 0.6 is 0 Å². The molecule has 2 fully saturated rings. The molecule has 2 aliphatic carbocycles. The van der Waals surface area contributed by atoms with Gasteiger partial charge in [-0.25, -0.2) is 4.98 Å². The van der Waals surface area contributed by atoms with E-state index in [0.29, 0.717) is 5.82 Å². The van der Waals surface area contributed by atoms with Crippen LogP contribution in [0.1, 0.15) is 38.5 Å². The summed E-state index contributed by atoms with van der Waals surface area (Å²) >= 11 is 0. The van der Waals surface area contributed by atoms with E-state index >= 15 is 0 Å². The Bertz CT molecular complexity index is 475. The van der Waals surface area contributed by atoms with Crippen LogP contribution in [0.2, 0.25) is 0 Å². The average Bonchev–Trinajstić information content (AvgIpc) is 3.20. The van der Waals surface area contributed by atoms with E-state index in [-0.39, 0.29) is 11.8 Å². The van der Waals surface area contributed by atoms with Gasteiger partial charge in [0.05, 0.1) is 5.92 Å². The van der Waals surface area contributed by atoms with Crippen molar-refractivity contribution in [2.45, 2.75) is 38.5 Å². The summed E-state index contributed by atoms with van der Waals surface area (Å²) in [4.78, 5) is 16.2. The molecule has 3 nitrogen and oxygen atoms in total. The van der Waals surface area contributed by atoms with Crippen molar-refractivity contribution in [3.8, 4) is 0 Å². The van der Waals surface area contributed by atoms with Crippen LogP contribution < -0.4 is 5.32 Å². The van der Waals surface area contributed by atoms with E-state index in [2.05, 4.69) is 16.4 Å². The Kier molecular flexibility index (Phi) is 3.62. The molecule has 1 aromatic heterocycles. The zero-order valence-corrected chi connectivity index (χ0v) is 11.1. The third-order valence-corrected chi connectivity index (χ3v) is 4.06. The fourth-order valence-corrected chi connectivity index (χ4v) is 2.88. The third kappa shape index (κ3) is 3.22. The van der Waals surface area contributed by atoms with Gasteiger partial charge in [-0.05, 0) is 37.3 Å². The molecule has 1 atom stereocenters. The van der Waals surface area contributed by atoms with Gasteiger partial charge < -0.3 is 5.32 Å². The first-order valence-corrected chi connectivity index (χ1v) is 7.25. The molecule has 0 aromatic carbocycles. The van der Waals surface area contributed by atoms with E-state index in [1.807, 2.05) is 18.2 Å². The number of hydrogen-bond acceptors (Lipinski definition) is 2. The lowest BCUT2D eigenvalue weighted by atomic mass is 9.89. The maximum absolute atomic E-state index is 12.0. The molecule has 3 rings (SSSR count). The van der Waals surface area contributed by atoms with Gasteiger partial charge in [0.25, 0.3) is 0 Å². The van der Waals surface area contributed by atoms with E-state index in [9.17, 15) is 4.79 Å². The van der Waals surface area contributed by atoms with Gasteiger partial charge in [-0.1, -0.05) is 37.0 Å². The Hall–Kier alpha value is -1.64. The van der Waals surface area contributed by atoms with Gasteiger partial charge in [-0.3, -0.25) is 4.79 Å². The number of aromatic nitrogens is 1. The molecule has 2 saturated carbocycles. The van der Waals surface area contributed by atoms with Gasteiger partial charge in [-0.15, -0.1) is 0 Å². The van der Waals surface area contributed by atoms with Crippen molar-refractivity contribution in [1.82, 2.24) is 4.98 Å². The lowest BCUT2D eigenvalue weighted by Crippen LogP contribution is -2.14. The highest BCUT2D eigenvalue weighted by Crippen LogP contribution is 2.41. The molecule has 0 bridgehead atoms. The molecule has 0 spiro atoms.